The molecule has 0 aliphatic carbocycles. The van der Waals surface area contributed by atoms with E-state index in [0.29, 0.717) is 33.8 Å². The Labute approximate surface area is 197 Å². The van der Waals surface area contributed by atoms with E-state index in [1.54, 1.807) is 68.4 Å². The minimum atomic E-state index is -0.539. The molecule has 0 aliphatic rings. The zero-order valence-corrected chi connectivity index (χ0v) is 18.8. The second-order valence-electron chi connectivity index (χ2n) is 7.49. The van der Waals surface area contributed by atoms with Crippen molar-refractivity contribution >= 4 is 11.9 Å². The monoisotopic (exact) mass is 458 g/mol. The summed E-state index contributed by atoms with van der Waals surface area (Å²) in [5, 5.41) is 0. The summed E-state index contributed by atoms with van der Waals surface area (Å²) in [6, 6.07) is 18.6. The van der Waals surface area contributed by atoms with Crippen molar-refractivity contribution in [3.8, 4) is 33.8 Å². The SMILES string of the molecule is C=C(C)C(=O)OC=COc1ccc(-c2ccc(-c3ccc(OC(=O)C(=C)C)cc3)c(F)c2)cc1. The molecule has 0 amide bonds. The highest BCUT2D eigenvalue weighted by Gasteiger charge is 2.10. The molecule has 0 aromatic heterocycles. The quantitative estimate of drug-likeness (QED) is 0.164. The van der Waals surface area contributed by atoms with E-state index in [0.717, 1.165) is 11.8 Å². The predicted molar refractivity (Wildman–Crippen MR) is 128 cm³/mol. The van der Waals surface area contributed by atoms with Crippen molar-refractivity contribution in [2.45, 2.75) is 13.8 Å². The molecule has 3 aromatic carbocycles. The maximum atomic E-state index is 14.9. The summed E-state index contributed by atoms with van der Waals surface area (Å²) < 4.78 is 30.2. The van der Waals surface area contributed by atoms with E-state index in [4.69, 9.17) is 14.2 Å². The summed E-state index contributed by atoms with van der Waals surface area (Å²) in [6.45, 7) is 10.1. The molecule has 0 atom stereocenters. The fourth-order valence-corrected chi connectivity index (χ4v) is 2.85. The van der Waals surface area contributed by atoms with Gasteiger partial charge in [-0.2, -0.15) is 0 Å². The molecule has 0 saturated carbocycles. The highest BCUT2D eigenvalue weighted by atomic mass is 19.1. The molecular weight excluding hydrogens is 435 g/mol. The number of esters is 2. The molecule has 0 aliphatic heterocycles. The fraction of sp³-hybridized carbons (Fsp3) is 0.0714. The number of ether oxygens (including phenoxy) is 3. The van der Waals surface area contributed by atoms with Gasteiger partial charge in [0.05, 0.1) is 0 Å². The second kappa shape index (κ2) is 10.9. The topological polar surface area (TPSA) is 61.8 Å². The molecule has 0 heterocycles. The van der Waals surface area contributed by atoms with Crippen molar-refractivity contribution < 1.29 is 28.2 Å². The standard InChI is InChI=1S/C28H23FO5/c1-18(2)27(30)33-16-15-32-23-10-5-20(6-11-23)22-9-14-25(26(29)17-22)21-7-12-24(13-8-21)34-28(31)19(3)4/h5-17H,1,3H2,2,4H3. The van der Waals surface area contributed by atoms with Crippen LogP contribution in [0.2, 0.25) is 0 Å². The normalized spacial score (nSPS) is 10.6. The minimum Gasteiger partial charge on any atom is -0.462 e. The maximum absolute atomic E-state index is 14.9. The van der Waals surface area contributed by atoms with Gasteiger partial charge in [0, 0.05) is 16.7 Å². The van der Waals surface area contributed by atoms with Gasteiger partial charge in [0.2, 0.25) is 0 Å². The molecule has 0 spiro atoms. The van der Waals surface area contributed by atoms with Crippen molar-refractivity contribution in [1.82, 2.24) is 0 Å². The van der Waals surface area contributed by atoms with Crippen LogP contribution in [0.15, 0.2) is 104 Å². The van der Waals surface area contributed by atoms with Crippen LogP contribution >= 0.6 is 0 Å². The first-order valence-electron chi connectivity index (χ1n) is 10.3. The van der Waals surface area contributed by atoms with Crippen LogP contribution in [0.4, 0.5) is 4.39 Å². The van der Waals surface area contributed by atoms with Gasteiger partial charge in [0.15, 0.2) is 0 Å². The number of rotatable bonds is 8. The van der Waals surface area contributed by atoms with E-state index in [-0.39, 0.29) is 11.4 Å². The van der Waals surface area contributed by atoms with Crippen molar-refractivity contribution in [2.24, 2.45) is 0 Å². The zero-order valence-electron chi connectivity index (χ0n) is 18.8. The molecule has 0 bridgehead atoms. The lowest BCUT2D eigenvalue weighted by Gasteiger charge is -2.09. The molecule has 3 rings (SSSR count). The van der Waals surface area contributed by atoms with Gasteiger partial charge in [-0.3, -0.25) is 0 Å². The molecular formula is C28H23FO5. The van der Waals surface area contributed by atoms with E-state index in [9.17, 15) is 14.0 Å². The summed E-state index contributed by atoms with van der Waals surface area (Å²) in [4.78, 5) is 22.9. The zero-order chi connectivity index (χ0) is 24.7. The van der Waals surface area contributed by atoms with Crippen LogP contribution in [0.1, 0.15) is 13.8 Å². The maximum Gasteiger partial charge on any atom is 0.338 e. The molecule has 0 N–H and O–H groups in total. The van der Waals surface area contributed by atoms with E-state index in [2.05, 4.69) is 13.2 Å². The van der Waals surface area contributed by atoms with Crippen molar-refractivity contribution in [3.63, 3.8) is 0 Å². The Bertz CT molecular complexity index is 1250. The van der Waals surface area contributed by atoms with E-state index in [1.165, 1.54) is 12.3 Å². The summed E-state index contributed by atoms with van der Waals surface area (Å²) >= 11 is 0. The van der Waals surface area contributed by atoms with Gasteiger partial charge >= 0.3 is 11.9 Å². The Hall–Kier alpha value is -4.45. The number of benzene rings is 3. The molecule has 172 valence electrons. The highest BCUT2D eigenvalue weighted by molar-refractivity contribution is 5.89. The largest absolute Gasteiger partial charge is 0.462 e. The third kappa shape index (κ3) is 6.29. The number of halogens is 1. The van der Waals surface area contributed by atoms with Crippen molar-refractivity contribution in [3.05, 3.63) is 109 Å². The Morgan fingerprint density at radius 3 is 1.88 bits per heavy atom. The van der Waals surface area contributed by atoms with Gasteiger partial charge in [0.1, 0.15) is 29.8 Å². The minimum absolute atomic E-state index is 0.286. The Morgan fingerprint density at radius 2 is 1.29 bits per heavy atom. The van der Waals surface area contributed by atoms with Gasteiger partial charge in [-0.1, -0.05) is 49.6 Å². The molecule has 34 heavy (non-hydrogen) atoms. The summed E-state index contributed by atoms with van der Waals surface area (Å²) in [7, 11) is 0. The summed E-state index contributed by atoms with van der Waals surface area (Å²) in [5.41, 5.74) is 3.17. The molecule has 0 fully saturated rings. The second-order valence-corrected chi connectivity index (χ2v) is 7.49. The third-order valence-electron chi connectivity index (χ3n) is 4.66. The average molecular weight is 458 g/mol. The van der Waals surface area contributed by atoms with Crippen molar-refractivity contribution in [1.29, 1.82) is 0 Å². The molecule has 6 heteroatoms. The van der Waals surface area contributed by atoms with Crippen LogP contribution < -0.4 is 9.47 Å². The molecule has 0 saturated heterocycles. The van der Waals surface area contributed by atoms with Gasteiger partial charge in [-0.15, -0.1) is 0 Å². The van der Waals surface area contributed by atoms with Gasteiger partial charge in [-0.25, -0.2) is 14.0 Å². The first-order chi connectivity index (χ1) is 16.2. The highest BCUT2D eigenvalue weighted by Crippen LogP contribution is 2.30. The van der Waals surface area contributed by atoms with Crippen molar-refractivity contribution in [2.75, 3.05) is 0 Å². The lowest BCUT2D eigenvalue weighted by atomic mass is 9.99. The van der Waals surface area contributed by atoms with E-state index < -0.39 is 11.9 Å². The predicted octanol–water partition coefficient (Wildman–Crippen LogP) is 6.61. The summed E-state index contributed by atoms with van der Waals surface area (Å²) in [6.07, 6.45) is 2.38. The lowest BCUT2D eigenvalue weighted by molar-refractivity contribution is -0.133. The van der Waals surface area contributed by atoms with Gasteiger partial charge in [0.25, 0.3) is 0 Å². The van der Waals surface area contributed by atoms with Crippen LogP contribution in [-0.4, -0.2) is 11.9 Å². The first kappa shape index (κ1) is 24.2. The average Bonchev–Trinajstić information content (AvgIpc) is 2.82. The third-order valence-corrected chi connectivity index (χ3v) is 4.66. The Kier molecular flexibility index (Phi) is 7.77. The number of carbonyl (C=O) groups excluding carboxylic acids is 2. The van der Waals surface area contributed by atoms with Crippen LogP contribution in [0.25, 0.3) is 22.3 Å². The molecule has 5 nitrogen and oxygen atoms in total. The fourth-order valence-electron chi connectivity index (χ4n) is 2.85. The lowest BCUT2D eigenvalue weighted by Crippen LogP contribution is -2.07. The van der Waals surface area contributed by atoms with Crippen LogP contribution in [0, 0.1) is 5.82 Å². The Balaban J connectivity index is 1.67. The molecule has 0 unspecified atom stereocenters. The first-order valence-corrected chi connectivity index (χ1v) is 10.3. The van der Waals surface area contributed by atoms with Gasteiger partial charge in [-0.05, 0) is 60.9 Å². The summed E-state index contributed by atoms with van der Waals surface area (Å²) in [5.74, 6) is -0.549. The van der Waals surface area contributed by atoms with Crippen LogP contribution in [0.5, 0.6) is 11.5 Å². The molecule has 3 aromatic rings. The number of hydrogen-bond donors (Lipinski definition) is 0. The van der Waals surface area contributed by atoms with E-state index in [1.807, 2.05) is 6.07 Å². The number of hydrogen-bond acceptors (Lipinski definition) is 5. The van der Waals surface area contributed by atoms with Gasteiger partial charge < -0.3 is 14.2 Å². The van der Waals surface area contributed by atoms with Crippen LogP contribution in [0.3, 0.4) is 0 Å². The van der Waals surface area contributed by atoms with E-state index >= 15 is 0 Å². The number of carbonyl (C=O) groups is 2. The van der Waals surface area contributed by atoms with Crippen LogP contribution in [-0.2, 0) is 14.3 Å². The molecule has 0 radical (unpaired) electrons. The smallest absolute Gasteiger partial charge is 0.338 e. The Morgan fingerprint density at radius 1 is 0.735 bits per heavy atom.